The van der Waals surface area contributed by atoms with E-state index in [0.29, 0.717) is 25.2 Å². The van der Waals surface area contributed by atoms with E-state index in [2.05, 4.69) is 5.16 Å². The van der Waals surface area contributed by atoms with Gasteiger partial charge in [-0.15, -0.1) is 0 Å². The first-order chi connectivity index (χ1) is 25.5. The van der Waals surface area contributed by atoms with Gasteiger partial charge in [-0.2, -0.15) is 0 Å². The predicted molar refractivity (Wildman–Crippen MR) is 205 cm³/mol. The molecule has 3 saturated heterocycles. The molecule has 55 heavy (non-hydrogen) atoms. The lowest BCUT2D eigenvalue weighted by Crippen LogP contribution is -2.61. The van der Waals surface area contributed by atoms with Gasteiger partial charge in [0, 0.05) is 37.3 Å². The molecule has 322 valence electrons. The summed E-state index contributed by atoms with van der Waals surface area (Å²) in [6.45, 7) is 19.4. The van der Waals surface area contributed by atoms with Crippen LogP contribution in [0.3, 0.4) is 0 Å². The molecule has 0 amide bonds. The van der Waals surface area contributed by atoms with Crippen molar-refractivity contribution in [2.45, 2.75) is 193 Å². The fraction of sp³-hybridized carbons (Fsp3) is 0.950. The van der Waals surface area contributed by atoms with Crippen molar-refractivity contribution in [2.24, 2.45) is 28.8 Å². The Balaban J connectivity index is 2.24. The summed E-state index contributed by atoms with van der Waals surface area (Å²) in [5.74, 6) is -3.90. The molecule has 15 heteroatoms. The Kier molecular flexibility index (Phi) is 17.0. The topological polar surface area (TPSA) is 198 Å². The number of likely N-dealkylation sites (N-methyl/N-ethyl adjacent to an activating group) is 1. The number of ether oxygens (including phenoxy) is 6. The van der Waals surface area contributed by atoms with E-state index in [1.54, 1.807) is 48.5 Å². The molecule has 18 atom stereocenters. The van der Waals surface area contributed by atoms with Gasteiger partial charge in [0.1, 0.15) is 30.5 Å². The molecule has 3 heterocycles. The van der Waals surface area contributed by atoms with Crippen LogP contribution in [0.1, 0.15) is 108 Å². The molecule has 5 N–H and O–H groups in total. The first-order valence-electron chi connectivity index (χ1n) is 20.2. The number of aliphatic hydroxyl groups is 5. The second kappa shape index (κ2) is 19.5. The van der Waals surface area contributed by atoms with Gasteiger partial charge in [0.25, 0.3) is 0 Å². The molecule has 0 aromatic carbocycles. The summed E-state index contributed by atoms with van der Waals surface area (Å²) in [6, 6.07) is -0.307. The number of carbonyl (C=O) groups excluding carboxylic acids is 1. The Morgan fingerprint density at radius 3 is 2.11 bits per heavy atom. The van der Waals surface area contributed by atoms with Crippen LogP contribution in [0.5, 0.6) is 0 Å². The van der Waals surface area contributed by atoms with Gasteiger partial charge >= 0.3 is 5.97 Å². The predicted octanol–water partition coefficient (Wildman–Crippen LogP) is 3.00. The van der Waals surface area contributed by atoms with Crippen LogP contribution >= 0.6 is 0 Å². The molecular formula is C40H74N2O13. The molecule has 0 spiro atoms. The van der Waals surface area contributed by atoms with Crippen molar-refractivity contribution in [2.75, 3.05) is 27.8 Å². The Labute approximate surface area is 328 Å². The number of nitrogens with zero attached hydrogens (tertiary/aromatic N) is 2. The summed E-state index contributed by atoms with van der Waals surface area (Å²) in [7, 11) is 5.24. The first kappa shape index (κ1) is 47.9. The van der Waals surface area contributed by atoms with Crippen LogP contribution in [0, 0.1) is 23.7 Å². The molecule has 3 aliphatic heterocycles. The number of rotatable bonds is 10. The van der Waals surface area contributed by atoms with Gasteiger partial charge in [0.2, 0.25) is 0 Å². The molecule has 0 radical (unpaired) electrons. The van der Waals surface area contributed by atoms with E-state index < -0.39 is 102 Å². The van der Waals surface area contributed by atoms with Gasteiger partial charge in [-0.3, -0.25) is 4.79 Å². The minimum absolute atomic E-state index is 0.0264. The van der Waals surface area contributed by atoms with Crippen LogP contribution in [0.2, 0.25) is 0 Å². The number of cyclic esters (lactones) is 1. The molecule has 3 fully saturated rings. The second-order valence-electron chi connectivity index (χ2n) is 17.4. The van der Waals surface area contributed by atoms with E-state index in [1.807, 2.05) is 39.8 Å². The Bertz CT molecular complexity index is 1250. The van der Waals surface area contributed by atoms with E-state index in [-0.39, 0.29) is 31.4 Å². The number of carbonyl (C=O) groups is 1. The second-order valence-corrected chi connectivity index (χ2v) is 17.4. The summed E-state index contributed by atoms with van der Waals surface area (Å²) < 4.78 is 37.6. The number of methoxy groups -OCH3 is 1. The van der Waals surface area contributed by atoms with Crippen LogP contribution in [0.4, 0.5) is 0 Å². The summed E-state index contributed by atoms with van der Waals surface area (Å²) in [4.78, 5) is 21.8. The Hall–Kier alpha value is -1.50. The maximum atomic E-state index is 14.3. The Morgan fingerprint density at radius 2 is 1.55 bits per heavy atom. The molecular weight excluding hydrogens is 716 g/mol. The van der Waals surface area contributed by atoms with Crippen LogP contribution in [-0.4, -0.2) is 154 Å². The number of oxime groups is 1. The van der Waals surface area contributed by atoms with Crippen molar-refractivity contribution in [1.29, 1.82) is 0 Å². The van der Waals surface area contributed by atoms with E-state index in [9.17, 15) is 30.3 Å². The molecule has 3 aliphatic rings. The highest BCUT2D eigenvalue weighted by molar-refractivity contribution is 5.88. The average molecular weight is 791 g/mol. The van der Waals surface area contributed by atoms with E-state index >= 15 is 0 Å². The molecule has 0 aromatic heterocycles. The third kappa shape index (κ3) is 11.0. The average Bonchev–Trinajstić information content (AvgIpc) is 3.11. The summed E-state index contributed by atoms with van der Waals surface area (Å²) in [5, 5.41) is 63.4. The molecule has 0 bridgehead atoms. The summed E-state index contributed by atoms with van der Waals surface area (Å²) >= 11 is 0. The van der Waals surface area contributed by atoms with Crippen molar-refractivity contribution in [3.63, 3.8) is 0 Å². The summed E-state index contributed by atoms with van der Waals surface area (Å²) in [6.07, 6.45) is -8.40. The SMILES string of the molecule is CCCO/N=C1\[C@H](C)CC(C)(O)[C@H](O[C@@H]2O[C@H](C)C[C@H](N(C)C)[C@H]2O)[C@@H](C)[C@H](OC2C[C@@](C)(OC)[C@@H](O)[C@H](C)O2)[C@@H](C)C(=O)O[C@@H](CC)[C@@](C)(O)[C@H](O)[C@@H]1C. The molecule has 15 nitrogen and oxygen atoms in total. The lowest BCUT2D eigenvalue weighted by molar-refractivity contribution is -0.317. The van der Waals surface area contributed by atoms with Crippen molar-refractivity contribution in [3.8, 4) is 0 Å². The van der Waals surface area contributed by atoms with Gasteiger partial charge in [0.05, 0.1) is 53.4 Å². The monoisotopic (exact) mass is 791 g/mol. The van der Waals surface area contributed by atoms with E-state index in [4.69, 9.17) is 33.3 Å². The highest BCUT2D eigenvalue weighted by Gasteiger charge is 2.53. The van der Waals surface area contributed by atoms with Crippen molar-refractivity contribution in [3.05, 3.63) is 0 Å². The smallest absolute Gasteiger partial charge is 0.311 e. The minimum atomic E-state index is -1.92. The van der Waals surface area contributed by atoms with Gasteiger partial charge in [0.15, 0.2) is 12.6 Å². The molecule has 0 aromatic rings. The molecule has 0 aliphatic carbocycles. The number of hydrogen-bond acceptors (Lipinski definition) is 15. The number of esters is 1. The lowest BCUT2D eigenvalue weighted by atomic mass is 9.73. The van der Waals surface area contributed by atoms with Gasteiger partial charge in [-0.1, -0.05) is 39.8 Å². The summed E-state index contributed by atoms with van der Waals surface area (Å²) in [5.41, 5.74) is -4.28. The third-order valence-electron chi connectivity index (χ3n) is 12.3. The largest absolute Gasteiger partial charge is 0.459 e. The Morgan fingerprint density at radius 1 is 0.909 bits per heavy atom. The van der Waals surface area contributed by atoms with E-state index in [0.717, 1.165) is 0 Å². The third-order valence-corrected chi connectivity index (χ3v) is 12.3. The maximum Gasteiger partial charge on any atom is 0.311 e. The zero-order valence-corrected chi connectivity index (χ0v) is 35.8. The maximum absolute atomic E-state index is 14.3. The fourth-order valence-corrected chi connectivity index (χ4v) is 8.81. The zero-order chi connectivity index (χ0) is 41.8. The molecule has 0 saturated carbocycles. The zero-order valence-electron chi connectivity index (χ0n) is 35.8. The number of hydrogen-bond donors (Lipinski definition) is 5. The van der Waals surface area contributed by atoms with Crippen LogP contribution in [0.15, 0.2) is 5.16 Å². The van der Waals surface area contributed by atoms with Gasteiger partial charge in [-0.25, -0.2) is 0 Å². The van der Waals surface area contributed by atoms with Crippen LogP contribution in [0.25, 0.3) is 0 Å². The van der Waals surface area contributed by atoms with Gasteiger partial charge < -0.3 is 63.7 Å². The quantitative estimate of drug-likeness (QED) is 0.123. The molecule has 2 unspecified atom stereocenters. The normalized spacial score (nSPS) is 47.7. The van der Waals surface area contributed by atoms with Gasteiger partial charge in [-0.05, 0) is 81.3 Å². The highest BCUT2D eigenvalue weighted by Crippen LogP contribution is 2.41. The molecule has 3 rings (SSSR count). The van der Waals surface area contributed by atoms with Crippen LogP contribution < -0.4 is 0 Å². The van der Waals surface area contributed by atoms with E-state index in [1.165, 1.54) is 14.0 Å². The highest BCUT2D eigenvalue weighted by atomic mass is 16.7. The standard InChI is InChI=1S/C40H74N2O13/c1-15-17-50-41-30-21(3)19-38(9,47)35(55-37-31(43)27(42(12)13)18-22(4)51-37)24(6)32(54-29-20-39(10,49-14)34(45)26(8)52-29)25(7)36(46)53-28(16-2)40(11,48)33(44)23(30)5/h21-29,31-35,37,43-45,47-48H,15-20H2,1-14H3/b41-30+/t21-,22-,23-,24+,25-,26+,27+,28+,29?,31-,32+,33-,34+,35-,37+,38?,39-,40-/m1/s1. The van der Waals surface area contributed by atoms with Crippen molar-refractivity contribution >= 4 is 11.7 Å². The fourth-order valence-electron chi connectivity index (χ4n) is 8.81. The lowest BCUT2D eigenvalue weighted by Gasteiger charge is -2.49. The van der Waals surface area contributed by atoms with Crippen molar-refractivity contribution < 1.29 is 63.6 Å². The number of aliphatic hydroxyl groups excluding tert-OH is 3. The minimum Gasteiger partial charge on any atom is -0.459 e. The van der Waals surface area contributed by atoms with Crippen molar-refractivity contribution in [1.82, 2.24) is 4.90 Å². The van der Waals surface area contributed by atoms with Crippen LogP contribution in [-0.2, 0) is 38.1 Å². The first-order valence-corrected chi connectivity index (χ1v) is 20.2.